The monoisotopic (exact) mass is 297 g/mol. The molecule has 2 unspecified atom stereocenters. The Morgan fingerprint density at radius 2 is 2.35 bits per heavy atom. The number of aliphatic hydroxyl groups excluding tert-OH is 1. The summed E-state index contributed by atoms with van der Waals surface area (Å²) < 4.78 is 0. The first-order chi connectivity index (χ1) is 9.51. The number of halogens is 1. The van der Waals surface area contributed by atoms with Crippen LogP contribution in [0, 0.1) is 5.92 Å². The lowest BCUT2D eigenvalue weighted by atomic mass is 10.0. The lowest BCUT2D eigenvalue weighted by Gasteiger charge is -2.18. The second-order valence-corrected chi connectivity index (χ2v) is 5.72. The molecule has 1 aliphatic heterocycles. The van der Waals surface area contributed by atoms with E-state index in [4.69, 9.17) is 22.5 Å². The molecule has 6 heteroatoms. The van der Waals surface area contributed by atoms with Gasteiger partial charge in [-0.3, -0.25) is 4.90 Å². The van der Waals surface area contributed by atoms with Crippen LogP contribution < -0.4 is 5.73 Å². The van der Waals surface area contributed by atoms with Gasteiger partial charge in [0.25, 0.3) is 0 Å². The first kappa shape index (κ1) is 15.1. The fraction of sp³-hybridized carbons (Fsp3) is 0.500. The number of hydrogen-bond acceptors (Lipinski definition) is 4. The highest BCUT2D eigenvalue weighted by atomic mass is 35.5. The first-order valence-electron chi connectivity index (χ1n) is 6.68. The highest BCUT2D eigenvalue weighted by Crippen LogP contribution is 2.25. The van der Waals surface area contributed by atoms with Crippen LogP contribution in [-0.4, -0.2) is 40.2 Å². The summed E-state index contributed by atoms with van der Waals surface area (Å²) in [5, 5.41) is 21.8. The van der Waals surface area contributed by atoms with Crippen LogP contribution in [0.15, 0.2) is 23.4 Å². The van der Waals surface area contributed by atoms with Crippen molar-refractivity contribution in [3.8, 4) is 0 Å². The van der Waals surface area contributed by atoms with Crippen molar-refractivity contribution < 1.29 is 10.3 Å². The number of nitrogens with two attached hydrogens (primary N) is 1. The quantitative estimate of drug-likeness (QED) is 0.341. The summed E-state index contributed by atoms with van der Waals surface area (Å²) in [4.78, 5) is 2.28. The van der Waals surface area contributed by atoms with Crippen LogP contribution >= 0.6 is 11.6 Å². The van der Waals surface area contributed by atoms with Crippen molar-refractivity contribution in [2.75, 3.05) is 13.1 Å². The summed E-state index contributed by atoms with van der Waals surface area (Å²) in [7, 11) is 0. The Balaban J connectivity index is 2.04. The van der Waals surface area contributed by atoms with Gasteiger partial charge in [-0.05, 0) is 37.4 Å². The SMILES string of the molecule is CC(O)C1CCN(Cc2ccc(/C(N)=N/O)cc2Cl)C1. The van der Waals surface area contributed by atoms with E-state index in [1.54, 1.807) is 12.1 Å². The zero-order chi connectivity index (χ0) is 14.7. The molecule has 0 saturated carbocycles. The molecule has 2 rings (SSSR count). The Labute approximate surface area is 123 Å². The molecule has 0 amide bonds. The summed E-state index contributed by atoms with van der Waals surface area (Å²) in [6.07, 6.45) is 0.746. The minimum absolute atomic E-state index is 0.0498. The largest absolute Gasteiger partial charge is 0.409 e. The van der Waals surface area contributed by atoms with Gasteiger partial charge in [0.15, 0.2) is 5.84 Å². The van der Waals surface area contributed by atoms with Crippen LogP contribution in [0.4, 0.5) is 0 Å². The van der Waals surface area contributed by atoms with E-state index in [1.165, 1.54) is 0 Å². The summed E-state index contributed by atoms with van der Waals surface area (Å²) in [6, 6.07) is 5.39. The van der Waals surface area contributed by atoms with Crippen LogP contribution in [0.1, 0.15) is 24.5 Å². The number of oxime groups is 1. The Kier molecular flexibility index (Phi) is 4.86. The lowest BCUT2D eigenvalue weighted by Crippen LogP contribution is -2.24. The average molecular weight is 298 g/mol. The van der Waals surface area contributed by atoms with Crippen molar-refractivity contribution in [2.45, 2.75) is 26.0 Å². The third-order valence-electron chi connectivity index (χ3n) is 3.84. The maximum Gasteiger partial charge on any atom is 0.170 e. The van der Waals surface area contributed by atoms with Crippen LogP contribution in [0.2, 0.25) is 5.02 Å². The van der Waals surface area contributed by atoms with E-state index in [9.17, 15) is 5.11 Å². The average Bonchev–Trinajstić information content (AvgIpc) is 2.89. The van der Waals surface area contributed by atoms with E-state index in [-0.39, 0.29) is 11.9 Å². The summed E-state index contributed by atoms with van der Waals surface area (Å²) in [5.74, 6) is 0.388. The van der Waals surface area contributed by atoms with Crippen LogP contribution in [0.3, 0.4) is 0 Å². The predicted molar refractivity (Wildman–Crippen MR) is 79.0 cm³/mol. The van der Waals surface area contributed by atoms with Crippen molar-refractivity contribution >= 4 is 17.4 Å². The van der Waals surface area contributed by atoms with Gasteiger partial charge in [-0.2, -0.15) is 0 Å². The van der Waals surface area contributed by atoms with Crippen LogP contribution in [-0.2, 0) is 6.54 Å². The van der Waals surface area contributed by atoms with Gasteiger partial charge >= 0.3 is 0 Å². The number of rotatable bonds is 4. The molecule has 1 fully saturated rings. The van der Waals surface area contributed by atoms with Gasteiger partial charge in [0.2, 0.25) is 0 Å². The molecule has 1 aromatic carbocycles. The molecule has 20 heavy (non-hydrogen) atoms. The Hall–Kier alpha value is -1.30. The summed E-state index contributed by atoms with van der Waals surface area (Å²) in [5.41, 5.74) is 7.14. The molecule has 0 aliphatic carbocycles. The normalized spacial score (nSPS) is 22.1. The van der Waals surface area contributed by atoms with E-state index >= 15 is 0 Å². The molecular weight excluding hydrogens is 278 g/mol. The van der Waals surface area contributed by atoms with Crippen molar-refractivity contribution in [3.63, 3.8) is 0 Å². The zero-order valence-electron chi connectivity index (χ0n) is 11.5. The first-order valence-corrected chi connectivity index (χ1v) is 7.05. The second-order valence-electron chi connectivity index (χ2n) is 5.32. The number of nitrogens with zero attached hydrogens (tertiary/aromatic N) is 2. The van der Waals surface area contributed by atoms with Crippen LogP contribution in [0.5, 0.6) is 0 Å². The summed E-state index contributed by atoms with van der Waals surface area (Å²) in [6.45, 7) is 4.44. The molecule has 0 bridgehead atoms. The van der Waals surface area contributed by atoms with Crippen molar-refractivity contribution in [1.29, 1.82) is 0 Å². The molecule has 0 radical (unpaired) electrons. The molecule has 5 nitrogen and oxygen atoms in total. The molecule has 1 saturated heterocycles. The molecule has 4 N–H and O–H groups in total. The molecular formula is C14H20ClN3O2. The Morgan fingerprint density at radius 1 is 1.60 bits per heavy atom. The van der Waals surface area contributed by atoms with Gasteiger partial charge in [0, 0.05) is 23.7 Å². The second kappa shape index (κ2) is 6.43. The maximum absolute atomic E-state index is 9.61. The fourth-order valence-electron chi connectivity index (χ4n) is 2.53. The predicted octanol–water partition coefficient (Wildman–Crippen LogP) is 1.64. The number of aliphatic hydroxyl groups is 1. The maximum atomic E-state index is 9.61. The van der Waals surface area contributed by atoms with Crippen molar-refractivity contribution in [3.05, 3.63) is 34.3 Å². The van der Waals surface area contributed by atoms with Gasteiger partial charge in [0.05, 0.1) is 6.10 Å². The number of amidine groups is 1. The van der Waals surface area contributed by atoms with Gasteiger partial charge in [-0.15, -0.1) is 0 Å². The molecule has 1 aliphatic rings. The summed E-state index contributed by atoms with van der Waals surface area (Å²) >= 11 is 6.24. The van der Waals surface area contributed by atoms with E-state index in [0.717, 1.165) is 31.6 Å². The zero-order valence-corrected chi connectivity index (χ0v) is 12.2. The third-order valence-corrected chi connectivity index (χ3v) is 4.19. The van der Waals surface area contributed by atoms with Crippen molar-refractivity contribution in [1.82, 2.24) is 4.90 Å². The standard InChI is InChI=1S/C14H20ClN3O2/c1-9(19)11-4-5-18(7-11)8-12-3-2-10(6-13(12)15)14(16)17-20/h2-3,6,9,11,19-20H,4-5,7-8H2,1H3,(H2,16,17). The topological polar surface area (TPSA) is 82.1 Å². The molecule has 110 valence electrons. The molecule has 1 aromatic rings. The molecule has 0 aromatic heterocycles. The molecule has 1 heterocycles. The number of hydrogen-bond donors (Lipinski definition) is 3. The van der Waals surface area contributed by atoms with E-state index < -0.39 is 0 Å². The highest BCUT2D eigenvalue weighted by Gasteiger charge is 2.26. The van der Waals surface area contributed by atoms with Gasteiger partial charge < -0.3 is 16.0 Å². The van der Waals surface area contributed by atoms with E-state index in [0.29, 0.717) is 16.5 Å². The van der Waals surface area contributed by atoms with Crippen LogP contribution in [0.25, 0.3) is 0 Å². The van der Waals surface area contributed by atoms with E-state index in [1.807, 2.05) is 13.0 Å². The Morgan fingerprint density at radius 3 is 2.90 bits per heavy atom. The fourth-order valence-corrected chi connectivity index (χ4v) is 2.77. The lowest BCUT2D eigenvalue weighted by molar-refractivity contribution is 0.127. The minimum atomic E-state index is -0.265. The smallest absolute Gasteiger partial charge is 0.170 e. The third kappa shape index (κ3) is 3.42. The van der Waals surface area contributed by atoms with E-state index in [2.05, 4.69) is 10.1 Å². The van der Waals surface area contributed by atoms with Gasteiger partial charge in [-0.25, -0.2) is 0 Å². The number of benzene rings is 1. The molecule has 2 atom stereocenters. The minimum Gasteiger partial charge on any atom is -0.409 e. The molecule has 0 spiro atoms. The number of likely N-dealkylation sites (tertiary alicyclic amines) is 1. The van der Waals surface area contributed by atoms with Gasteiger partial charge in [0.1, 0.15) is 0 Å². The van der Waals surface area contributed by atoms with Crippen molar-refractivity contribution in [2.24, 2.45) is 16.8 Å². The highest BCUT2D eigenvalue weighted by molar-refractivity contribution is 6.31. The van der Waals surface area contributed by atoms with Gasteiger partial charge in [-0.1, -0.05) is 28.9 Å². The Bertz CT molecular complexity index is 505.